The second kappa shape index (κ2) is 7.07. The molecule has 0 fully saturated rings. The number of rotatable bonds is 7. The number of carbonyl (C=O) groups is 3. The largest absolute Gasteiger partial charge is 0.481 e. The summed E-state index contributed by atoms with van der Waals surface area (Å²) in [4.78, 5) is 33.3. The van der Waals surface area contributed by atoms with Gasteiger partial charge in [0, 0.05) is 0 Å². The van der Waals surface area contributed by atoms with Crippen LogP contribution < -0.4 is 4.74 Å². The predicted molar refractivity (Wildman–Crippen MR) is 63.7 cm³/mol. The second-order valence-corrected chi connectivity index (χ2v) is 3.76. The molecule has 7 nitrogen and oxygen atoms in total. The first-order chi connectivity index (χ1) is 9.40. The van der Waals surface area contributed by atoms with Crippen molar-refractivity contribution in [3.05, 3.63) is 30.1 Å². The first kappa shape index (κ1) is 15.4. The van der Waals surface area contributed by atoms with Gasteiger partial charge in [-0.1, -0.05) is 12.1 Å². The maximum absolute atomic E-state index is 13.2. The third-order valence-electron chi connectivity index (χ3n) is 2.19. The van der Waals surface area contributed by atoms with E-state index in [1.807, 2.05) is 0 Å². The van der Waals surface area contributed by atoms with Gasteiger partial charge in [-0.05, 0) is 12.1 Å². The molecule has 1 aromatic rings. The molecule has 108 valence electrons. The van der Waals surface area contributed by atoms with Crippen LogP contribution in [0.5, 0.6) is 5.75 Å². The zero-order valence-electron chi connectivity index (χ0n) is 10.3. The number of aliphatic carboxylic acids is 2. The smallest absolute Gasteiger partial charge is 0.323 e. The zero-order chi connectivity index (χ0) is 15.1. The topological polar surface area (TPSA) is 104 Å². The number of carbonyl (C=O) groups excluding carboxylic acids is 1. The number of amides is 1. The number of ether oxygens (including phenoxy) is 1. The summed E-state index contributed by atoms with van der Waals surface area (Å²) < 4.78 is 18.1. The molecular formula is C12H12FNO6. The maximum atomic E-state index is 13.2. The number of carboxylic acids is 2. The monoisotopic (exact) mass is 285 g/mol. The van der Waals surface area contributed by atoms with E-state index in [2.05, 4.69) is 0 Å². The van der Waals surface area contributed by atoms with Crippen molar-refractivity contribution >= 4 is 17.8 Å². The van der Waals surface area contributed by atoms with Crippen LogP contribution in [0.15, 0.2) is 24.3 Å². The molecule has 2 N–H and O–H groups in total. The molecule has 0 spiro atoms. The molecule has 0 bridgehead atoms. The Balaban J connectivity index is 2.64. The number of carboxylic acid groups (broad SMARTS) is 2. The quantitative estimate of drug-likeness (QED) is 0.741. The van der Waals surface area contributed by atoms with Crippen molar-refractivity contribution in [3.8, 4) is 5.75 Å². The summed E-state index contributed by atoms with van der Waals surface area (Å²) in [5.41, 5.74) is 0. The number of nitrogens with zero attached hydrogens (tertiary/aromatic N) is 1. The molecule has 0 atom stereocenters. The van der Waals surface area contributed by atoms with Crippen molar-refractivity contribution in [2.24, 2.45) is 0 Å². The summed E-state index contributed by atoms with van der Waals surface area (Å²) in [7, 11) is 0. The highest BCUT2D eigenvalue weighted by atomic mass is 19.1. The van der Waals surface area contributed by atoms with Crippen molar-refractivity contribution in [1.29, 1.82) is 0 Å². The Bertz CT molecular complexity index is 502. The third-order valence-corrected chi connectivity index (χ3v) is 2.19. The zero-order valence-corrected chi connectivity index (χ0v) is 10.3. The Morgan fingerprint density at radius 1 is 1.10 bits per heavy atom. The van der Waals surface area contributed by atoms with Crippen LogP contribution in [-0.4, -0.2) is 52.7 Å². The Morgan fingerprint density at radius 2 is 1.65 bits per heavy atom. The lowest BCUT2D eigenvalue weighted by atomic mass is 10.3. The van der Waals surface area contributed by atoms with Crippen molar-refractivity contribution in [2.45, 2.75) is 0 Å². The van der Waals surface area contributed by atoms with E-state index in [9.17, 15) is 18.8 Å². The van der Waals surface area contributed by atoms with Gasteiger partial charge < -0.3 is 19.8 Å². The van der Waals surface area contributed by atoms with Crippen LogP contribution in [0.25, 0.3) is 0 Å². The van der Waals surface area contributed by atoms with Gasteiger partial charge >= 0.3 is 11.9 Å². The first-order valence-corrected chi connectivity index (χ1v) is 5.49. The van der Waals surface area contributed by atoms with E-state index < -0.39 is 43.4 Å². The molecule has 0 radical (unpaired) electrons. The summed E-state index contributed by atoms with van der Waals surface area (Å²) in [5, 5.41) is 17.2. The normalized spacial score (nSPS) is 9.85. The fraction of sp³-hybridized carbons (Fsp3) is 0.250. The predicted octanol–water partition coefficient (Wildman–Crippen LogP) is 0.202. The van der Waals surface area contributed by atoms with Gasteiger partial charge in [0.15, 0.2) is 18.2 Å². The Labute approximate surface area is 113 Å². The summed E-state index contributed by atoms with van der Waals surface area (Å²) in [5.74, 6) is -4.43. The molecule has 0 aliphatic carbocycles. The van der Waals surface area contributed by atoms with Gasteiger partial charge in [0.25, 0.3) is 5.91 Å². The molecule has 0 unspecified atom stereocenters. The molecule has 0 saturated carbocycles. The summed E-state index contributed by atoms with van der Waals surface area (Å²) in [6.45, 7) is -2.20. The van der Waals surface area contributed by atoms with Crippen LogP contribution in [0, 0.1) is 5.82 Å². The maximum Gasteiger partial charge on any atom is 0.323 e. The summed E-state index contributed by atoms with van der Waals surface area (Å²) in [6, 6.07) is 5.35. The highest BCUT2D eigenvalue weighted by Gasteiger charge is 2.20. The molecule has 0 aromatic heterocycles. The molecule has 0 saturated heterocycles. The fourth-order valence-electron chi connectivity index (χ4n) is 1.35. The molecule has 0 heterocycles. The van der Waals surface area contributed by atoms with E-state index in [-0.39, 0.29) is 5.75 Å². The van der Waals surface area contributed by atoms with E-state index >= 15 is 0 Å². The van der Waals surface area contributed by atoms with Crippen LogP contribution in [0.4, 0.5) is 4.39 Å². The lowest BCUT2D eigenvalue weighted by Crippen LogP contribution is -2.41. The molecule has 20 heavy (non-hydrogen) atoms. The van der Waals surface area contributed by atoms with E-state index in [0.29, 0.717) is 4.90 Å². The first-order valence-electron chi connectivity index (χ1n) is 5.49. The minimum atomic E-state index is -1.36. The Hall–Kier alpha value is -2.64. The summed E-state index contributed by atoms with van der Waals surface area (Å²) >= 11 is 0. The van der Waals surface area contributed by atoms with Crippen LogP contribution in [0.1, 0.15) is 0 Å². The minimum absolute atomic E-state index is 0.175. The number of benzene rings is 1. The van der Waals surface area contributed by atoms with Crippen molar-refractivity contribution in [1.82, 2.24) is 4.90 Å². The van der Waals surface area contributed by atoms with Gasteiger partial charge in [-0.15, -0.1) is 0 Å². The van der Waals surface area contributed by atoms with Crippen molar-refractivity contribution in [3.63, 3.8) is 0 Å². The fourth-order valence-corrected chi connectivity index (χ4v) is 1.35. The van der Waals surface area contributed by atoms with Crippen LogP contribution in [-0.2, 0) is 14.4 Å². The lowest BCUT2D eigenvalue weighted by Gasteiger charge is -2.18. The van der Waals surface area contributed by atoms with Crippen molar-refractivity contribution < 1.29 is 33.7 Å². The van der Waals surface area contributed by atoms with E-state index in [1.54, 1.807) is 0 Å². The number of hydrogen-bond donors (Lipinski definition) is 2. The molecule has 1 amide bonds. The van der Waals surface area contributed by atoms with Gasteiger partial charge in [0.05, 0.1) is 0 Å². The molecule has 1 rings (SSSR count). The van der Waals surface area contributed by atoms with Gasteiger partial charge in [0.2, 0.25) is 0 Å². The standard InChI is InChI=1S/C12H12FNO6/c13-8-3-1-2-4-9(8)20-7-10(15)14(5-11(16)17)6-12(18)19/h1-4H,5-7H2,(H,16,17)(H,18,19). The van der Waals surface area contributed by atoms with Gasteiger partial charge in [-0.2, -0.15) is 0 Å². The Kier molecular flexibility index (Phi) is 5.45. The SMILES string of the molecule is O=C(O)CN(CC(=O)O)C(=O)COc1ccccc1F. The minimum Gasteiger partial charge on any atom is -0.481 e. The number of halogens is 1. The van der Waals surface area contributed by atoms with E-state index in [4.69, 9.17) is 14.9 Å². The second-order valence-electron chi connectivity index (χ2n) is 3.76. The van der Waals surface area contributed by atoms with Gasteiger partial charge in [0.1, 0.15) is 13.1 Å². The van der Waals surface area contributed by atoms with Crippen molar-refractivity contribution in [2.75, 3.05) is 19.7 Å². The average molecular weight is 285 g/mol. The highest BCUT2D eigenvalue weighted by molar-refractivity contribution is 5.85. The van der Waals surface area contributed by atoms with E-state index in [0.717, 1.165) is 6.07 Å². The summed E-state index contributed by atoms with van der Waals surface area (Å²) in [6.07, 6.45) is 0. The van der Waals surface area contributed by atoms with Gasteiger partial charge in [-0.3, -0.25) is 14.4 Å². The number of para-hydroxylation sites is 1. The molecule has 8 heteroatoms. The van der Waals surface area contributed by atoms with Crippen LogP contribution in [0.3, 0.4) is 0 Å². The molecule has 0 aliphatic heterocycles. The molecular weight excluding hydrogens is 273 g/mol. The highest BCUT2D eigenvalue weighted by Crippen LogP contribution is 2.15. The lowest BCUT2D eigenvalue weighted by molar-refractivity contribution is -0.150. The Morgan fingerprint density at radius 3 is 2.15 bits per heavy atom. The van der Waals surface area contributed by atoms with Crippen LogP contribution in [0.2, 0.25) is 0 Å². The molecule has 1 aromatic carbocycles. The average Bonchev–Trinajstić information content (AvgIpc) is 2.35. The van der Waals surface area contributed by atoms with Gasteiger partial charge in [-0.25, -0.2) is 4.39 Å². The van der Waals surface area contributed by atoms with Crippen LogP contribution >= 0.6 is 0 Å². The molecule has 0 aliphatic rings. The van der Waals surface area contributed by atoms with E-state index in [1.165, 1.54) is 18.2 Å². The number of hydrogen-bond acceptors (Lipinski definition) is 4. The third kappa shape index (κ3) is 4.92.